The minimum Gasteiger partial charge on any atom is -0.463 e. The quantitative estimate of drug-likeness (QED) is 0.0461. The molecule has 0 bridgehead atoms. The predicted molar refractivity (Wildman–Crippen MR) is 225 cm³/mol. The molecule has 4 atom stereocenters. The number of hydrogen-bond donors (Lipinski definition) is 0. The first-order valence-electron chi connectivity index (χ1n) is 23.9. The van der Waals surface area contributed by atoms with Crippen LogP contribution in [0.4, 0.5) is 0 Å². The third-order valence-corrected chi connectivity index (χ3v) is 12.0. The molecular weight excluding hydrogens is 659 g/mol. The Morgan fingerprint density at radius 3 is 1.30 bits per heavy atom. The Morgan fingerprint density at radius 1 is 0.547 bits per heavy atom. The number of ether oxygens (including phenoxy) is 4. The summed E-state index contributed by atoms with van der Waals surface area (Å²) in [5.74, 6) is -0.111. The van der Waals surface area contributed by atoms with Crippen molar-refractivity contribution in [3.05, 3.63) is 0 Å². The van der Waals surface area contributed by atoms with Crippen LogP contribution in [0.3, 0.4) is 0 Å². The van der Waals surface area contributed by atoms with Gasteiger partial charge in [-0.25, -0.2) is 0 Å². The van der Waals surface area contributed by atoms with Gasteiger partial charge in [0.05, 0.1) is 12.5 Å². The van der Waals surface area contributed by atoms with E-state index in [0.29, 0.717) is 6.61 Å². The molecule has 0 aliphatic carbocycles. The van der Waals surface area contributed by atoms with Crippen molar-refractivity contribution in [2.75, 3.05) is 46.6 Å². The van der Waals surface area contributed by atoms with Crippen molar-refractivity contribution >= 4 is 5.97 Å². The van der Waals surface area contributed by atoms with Crippen LogP contribution in [0.2, 0.25) is 0 Å². The van der Waals surface area contributed by atoms with Crippen molar-refractivity contribution in [1.82, 2.24) is 4.90 Å². The molecule has 2 saturated heterocycles. The van der Waals surface area contributed by atoms with Gasteiger partial charge in [0.1, 0.15) is 24.9 Å². The normalized spacial score (nSPS) is 20.5. The monoisotopic (exact) mass is 750 g/mol. The Labute approximate surface area is 330 Å². The van der Waals surface area contributed by atoms with Crippen LogP contribution >= 0.6 is 0 Å². The molecule has 6 heteroatoms. The third-order valence-electron chi connectivity index (χ3n) is 12.0. The first-order chi connectivity index (χ1) is 26.2. The molecule has 0 aromatic heterocycles. The predicted octanol–water partition coefficient (Wildman–Crippen LogP) is 13.2. The van der Waals surface area contributed by atoms with Gasteiger partial charge in [-0.3, -0.25) is 4.79 Å². The highest BCUT2D eigenvalue weighted by Gasteiger charge is 2.40. The topological polar surface area (TPSA) is 57.2 Å². The number of carbonyl (C=O) groups excluding carboxylic acids is 1. The fourth-order valence-electron chi connectivity index (χ4n) is 8.31. The first-order valence-corrected chi connectivity index (χ1v) is 23.9. The van der Waals surface area contributed by atoms with E-state index in [2.05, 4.69) is 25.8 Å². The molecule has 0 amide bonds. The molecule has 0 spiro atoms. The van der Waals surface area contributed by atoms with E-state index in [4.69, 9.17) is 18.9 Å². The molecule has 1 unspecified atom stereocenters. The molecule has 0 aromatic carbocycles. The van der Waals surface area contributed by atoms with Crippen LogP contribution in [0, 0.1) is 5.92 Å². The minimum absolute atomic E-state index is 0.0205. The number of esters is 1. The van der Waals surface area contributed by atoms with Crippen LogP contribution in [0.1, 0.15) is 226 Å². The summed E-state index contributed by atoms with van der Waals surface area (Å²) in [6.45, 7) is 8.61. The number of carbonyl (C=O) groups is 1. The van der Waals surface area contributed by atoms with E-state index in [9.17, 15) is 4.79 Å². The highest BCUT2D eigenvalue weighted by Crippen LogP contribution is 2.24. The summed E-state index contributed by atoms with van der Waals surface area (Å²) in [5.41, 5.74) is 0. The largest absolute Gasteiger partial charge is 0.463 e. The molecule has 2 fully saturated rings. The van der Waals surface area contributed by atoms with Crippen LogP contribution in [-0.2, 0) is 23.7 Å². The number of rotatable bonds is 39. The Balaban J connectivity index is 1.52. The standard InChI is InChI=1S/C47H91NO5/c1-4-6-8-10-12-14-16-18-20-22-24-26-28-30-32-34-38-50-44-41-52-45(42-53-47(49)43-36-37-48(3)40-43)46(44)51-39-35-33-31-29-27-25-23-21-19-17-15-13-11-9-7-5-2/h43-46H,4-42H2,1-3H3/t43?,44-,45+,46+/m0/s1. The lowest BCUT2D eigenvalue weighted by Crippen LogP contribution is -2.39. The van der Waals surface area contributed by atoms with Crippen LogP contribution < -0.4 is 0 Å². The van der Waals surface area contributed by atoms with E-state index in [1.54, 1.807) is 0 Å². The van der Waals surface area contributed by atoms with Gasteiger partial charge in [0.15, 0.2) is 0 Å². The zero-order chi connectivity index (χ0) is 37.9. The number of hydrogen-bond acceptors (Lipinski definition) is 6. The van der Waals surface area contributed by atoms with E-state index in [0.717, 1.165) is 45.6 Å². The summed E-state index contributed by atoms with van der Waals surface area (Å²) in [6.07, 6.45) is 44.3. The van der Waals surface area contributed by atoms with Gasteiger partial charge >= 0.3 is 5.97 Å². The van der Waals surface area contributed by atoms with E-state index < -0.39 is 0 Å². The van der Waals surface area contributed by atoms with Crippen molar-refractivity contribution < 1.29 is 23.7 Å². The van der Waals surface area contributed by atoms with Crippen LogP contribution in [0.25, 0.3) is 0 Å². The van der Waals surface area contributed by atoms with Gasteiger partial charge in [0.2, 0.25) is 0 Å². The second kappa shape index (κ2) is 35.7. The lowest BCUT2D eigenvalue weighted by atomic mass is 10.0. The van der Waals surface area contributed by atoms with Gasteiger partial charge in [0.25, 0.3) is 0 Å². The fourth-order valence-corrected chi connectivity index (χ4v) is 8.31. The third kappa shape index (κ3) is 26.7. The van der Waals surface area contributed by atoms with E-state index >= 15 is 0 Å². The average molecular weight is 750 g/mol. The average Bonchev–Trinajstić information content (AvgIpc) is 3.78. The van der Waals surface area contributed by atoms with E-state index in [1.165, 1.54) is 193 Å². The molecular formula is C47H91NO5. The molecule has 6 nitrogen and oxygen atoms in total. The number of likely N-dealkylation sites (tertiary alicyclic amines) is 1. The maximum absolute atomic E-state index is 12.7. The first kappa shape index (κ1) is 48.5. The summed E-state index contributed by atoms with van der Waals surface area (Å²) < 4.78 is 24.8. The van der Waals surface area contributed by atoms with Crippen molar-refractivity contribution in [1.29, 1.82) is 0 Å². The Kier molecular flexibility index (Phi) is 32.6. The number of nitrogens with zero attached hydrogens (tertiary/aromatic N) is 1. The Morgan fingerprint density at radius 2 is 0.925 bits per heavy atom. The highest BCUT2D eigenvalue weighted by molar-refractivity contribution is 5.73. The summed E-state index contributed by atoms with van der Waals surface area (Å²) in [4.78, 5) is 14.9. The van der Waals surface area contributed by atoms with Gasteiger partial charge in [-0.2, -0.15) is 0 Å². The maximum Gasteiger partial charge on any atom is 0.310 e. The summed E-state index contributed by atoms with van der Waals surface area (Å²) in [6, 6.07) is 0. The summed E-state index contributed by atoms with van der Waals surface area (Å²) in [5, 5.41) is 0. The lowest BCUT2D eigenvalue weighted by molar-refractivity contribution is -0.154. The number of unbranched alkanes of at least 4 members (excludes halogenated alkanes) is 30. The van der Waals surface area contributed by atoms with Gasteiger partial charge < -0.3 is 23.8 Å². The van der Waals surface area contributed by atoms with E-state index in [1.807, 2.05) is 0 Å². The Hall–Kier alpha value is -0.690. The van der Waals surface area contributed by atoms with Crippen molar-refractivity contribution in [2.24, 2.45) is 5.92 Å². The molecule has 2 aliphatic heterocycles. The van der Waals surface area contributed by atoms with Crippen LogP contribution in [0.5, 0.6) is 0 Å². The van der Waals surface area contributed by atoms with Gasteiger partial charge in [-0.1, -0.05) is 206 Å². The highest BCUT2D eigenvalue weighted by atomic mass is 16.6. The van der Waals surface area contributed by atoms with Crippen molar-refractivity contribution in [2.45, 2.75) is 244 Å². The molecule has 0 N–H and O–H groups in total. The summed E-state index contributed by atoms with van der Waals surface area (Å²) in [7, 11) is 2.07. The molecule has 0 radical (unpaired) electrons. The Bertz CT molecular complexity index is 795. The van der Waals surface area contributed by atoms with Gasteiger partial charge in [0, 0.05) is 19.8 Å². The second-order valence-electron chi connectivity index (χ2n) is 17.1. The fraction of sp³-hybridized carbons (Fsp3) is 0.979. The molecule has 0 saturated carbocycles. The molecule has 2 aliphatic rings. The molecule has 2 heterocycles. The molecule has 53 heavy (non-hydrogen) atoms. The molecule has 0 aromatic rings. The zero-order valence-electron chi connectivity index (χ0n) is 35.9. The van der Waals surface area contributed by atoms with Crippen molar-refractivity contribution in [3.63, 3.8) is 0 Å². The molecule has 2 rings (SSSR count). The maximum atomic E-state index is 12.7. The smallest absolute Gasteiger partial charge is 0.310 e. The zero-order valence-corrected chi connectivity index (χ0v) is 35.9. The van der Waals surface area contributed by atoms with Gasteiger partial charge in [-0.05, 0) is 32.9 Å². The molecule has 314 valence electrons. The SMILES string of the molecule is CCCCCCCCCCCCCCCCCCO[C@@H]1[C@@H](OCCCCCCCCCCCCCCCCCC)CO[C@@H]1COC(=O)C1CCN(C)C1. The van der Waals surface area contributed by atoms with Crippen LogP contribution in [-0.4, -0.2) is 75.7 Å². The lowest BCUT2D eigenvalue weighted by Gasteiger charge is -2.24. The second-order valence-corrected chi connectivity index (χ2v) is 17.1. The summed E-state index contributed by atoms with van der Waals surface area (Å²) >= 11 is 0. The van der Waals surface area contributed by atoms with Gasteiger partial charge in [-0.15, -0.1) is 0 Å². The van der Waals surface area contributed by atoms with Crippen LogP contribution in [0.15, 0.2) is 0 Å². The van der Waals surface area contributed by atoms with E-state index in [-0.39, 0.29) is 36.8 Å². The van der Waals surface area contributed by atoms with Crippen molar-refractivity contribution in [3.8, 4) is 0 Å². The minimum atomic E-state index is -0.241.